The van der Waals surface area contributed by atoms with Crippen molar-refractivity contribution in [2.75, 3.05) is 30.4 Å². The fourth-order valence-electron chi connectivity index (χ4n) is 2.78. The molecule has 7 nitrogen and oxygen atoms in total. The van der Waals surface area contributed by atoms with E-state index in [0.29, 0.717) is 30.3 Å². The number of para-hydroxylation sites is 1. The molecule has 0 aliphatic carbocycles. The SMILES string of the molecule is C[C@H]1OCCN[C@@H]1C(=O)Nc1cccc(OCC(=O)Nc2ccccc2)c1.Cl. The average Bonchev–Trinajstić information content (AvgIpc) is 2.68. The summed E-state index contributed by atoms with van der Waals surface area (Å²) in [6, 6.07) is 15.7. The maximum atomic E-state index is 12.4. The number of amides is 2. The largest absolute Gasteiger partial charge is 0.484 e. The molecule has 1 heterocycles. The number of morpholine rings is 1. The Kier molecular flexibility index (Phi) is 8.25. The zero-order valence-corrected chi connectivity index (χ0v) is 16.3. The molecule has 1 saturated heterocycles. The number of anilines is 2. The van der Waals surface area contributed by atoms with E-state index in [1.165, 1.54) is 0 Å². The number of benzene rings is 2. The second-order valence-corrected chi connectivity index (χ2v) is 6.23. The van der Waals surface area contributed by atoms with E-state index < -0.39 is 6.04 Å². The number of hydrogen-bond donors (Lipinski definition) is 3. The first-order valence-electron chi connectivity index (χ1n) is 8.85. The lowest BCUT2D eigenvalue weighted by Gasteiger charge is -2.29. The van der Waals surface area contributed by atoms with Crippen LogP contribution in [0.3, 0.4) is 0 Å². The van der Waals surface area contributed by atoms with E-state index in [1.807, 2.05) is 25.1 Å². The van der Waals surface area contributed by atoms with E-state index in [0.717, 1.165) is 0 Å². The molecule has 8 heteroatoms. The summed E-state index contributed by atoms with van der Waals surface area (Å²) >= 11 is 0. The van der Waals surface area contributed by atoms with Crippen LogP contribution in [-0.4, -0.2) is 43.7 Å². The zero-order valence-electron chi connectivity index (χ0n) is 15.5. The van der Waals surface area contributed by atoms with Crippen LogP contribution in [0, 0.1) is 0 Å². The minimum absolute atomic E-state index is 0. The number of rotatable bonds is 6. The van der Waals surface area contributed by atoms with Gasteiger partial charge in [-0.15, -0.1) is 12.4 Å². The zero-order chi connectivity index (χ0) is 19.1. The van der Waals surface area contributed by atoms with Gasteiger partial charge < -0.3 is 25.4 Å². The van der Waals surface area contributed by atoms with Crippen LogP contribution in [0.25, 0.3) is 0 Å². The summed E-state index contributed by atoms with van der Waals surface area (Å²) in [5.74, 6) is 0.0751. The molecule has 3 N–H and O–H groups in total. The molecule has 28 heavy (non-hydrogen) atoms. The summed E-state index contributed by atoms with van der Waals surface area (Å²) in [5, 5.41) is 8.74. The summed E-state index contributed by atoms with van der Waals surface area (Å²) in [4.78, 5) is 24.4. The summed E-state index contributed by atoms with van der Waals surface area (Å²) in [6.07, 6.45) is -0.195. The fourth-order valence-corrected chi connectivity index (χ4v) is 2.78. The van der Waals surface area contributed by atoms with Crippen molar-refractivity contribution in [3.8, 4) is 5.75 Å². The Morgan fingerprint density at radius 1 is 1.11 bits per heavy atom. The van der Waals surface area contributed by atoms with E-state index in [9.17, 15) is 9.59 Å². The van der Waals surface area contributed by atoms with Crippen LogP contribution in [0.5, 0.6) is 5.75 Å². The number of carbonyl (C=O) groups is 2. The van der Waals surface area contributed by atoms with Gasteiger partial charge in [0, 0.05) is 24.0 Å². The normalized spacial score (nSPS) is 18.5. The fraction of sp³-hybridized carbons (Fsp3) is 0.300. The van der Waals surface area contributed by atoms with Crippen LogP contribution >= 0.6 is 12.4 Å². The first-order valence-corrected chi connectivity index (χ1v) is 8.85. The maximum Gasteiger partial charge on any atom is 0.262 e. The Morgan fingerprint density at radius 3 is 2.61 bits per heavy atom. The van der Waals surface area contributed by atoms with E-state index in [1.54, 1.807) is 36.4 Å². The van der Waals surface area contributed by atoms with Gasteiger partial charge in [-0.2, -0.15) is 0 Å². The Morgan fingerprint density at radius 2 is 1.86 bits per heavy atom. The van der Waals surface area contributed by atoms with Crippen LogP contribution in [0.1, 0.15) is 6.92 Å². The standard InChI is InChI=1S/C20H23N3O4.ClH/c1-14-19(21-10-11-26-14)20(25)23-16-8-5-9-17(12-16)27-13-18(24)22-15-6-3-2-4-7-15;/h2-9,12,14,19,21H,10-11,13H2,1H3,(H,22,24)(H,23,25);1H/t14-,19+;/m1./s1. The van der Waals surface area contributed by atoms with Crippen molar-refractivity contribution in [1.29, 1.82) is 0 Å². The van der Waals surface area contributed by atoms with Crippen LogP contribution in [0.2, 0.25) is 0 Å². The summed E-state index contributed by atoms with van der Waals surface area (Å²) in [5.41, 5.74) is 1.31. The van der Waals surface area contributed by atoms with Crippen LogP contribution < -0.4 is 20.7 Å². The van der Waals surface area contributed by atoms with Crippen molar-refractivity contribution in [1.82, 2.24) is 5.32 Å². The third kappa shape index (κ3) is 6.23. The predicted octanol–water partition coefficient (Wildman–Crippen LogP) is 2.44. The highest BCUT2D eigenvalue weighted by atomic mass is 35.5. The summed E-state index contributed by atoms with van der Waals surface area (Å²) in [6.45, 7) is 2.98. The molecule has 0 spiro atoms. The summed E-state index contributed by atoms with van der Waals surface area (Å²) in [7, 11) is 0. The smallest absolute Gasteiger partial charge is 0.262 e. The molecule has 2 aromatic rings. The average molecular weight is 406 g/mol. The number of nitrogens with one attached hydrogen (secondary N) is 3. The first kappa shape index (κ1) is 21.7. The lowest BCUT2D eigenvalue weighted by molar-refractivity contribution is -0.123. The van der Waals surface area contributed by atoms with Gasteiger partial charge in [0.2, 0.25) is 5.91 Å². The van der Waals surface area contributed by atoms with Gasteiger partial charge in [-0.25, -0.2) is 0 Å². The maximum absolute atomic E-state index is 12.4. The highest BCUT2D eigenvalue weighted by Gasteiger charge is 2.28. The molecular formula is C20H24ClN3O4. The molecule has 0 unspecified atom stereocenters. The van der Waals surface area contributed by atoms with Gasteiger partial charge in [0.25, 0.3) is 5.91 Å². The number of hydrogen-bond acceptors (Lipinski definition) is 5. The van der Waals surface area contributed by atoms with Gasteiger partial charge in [0.1, 0.15) is 11.8 Å². The number of carbonyl (C=O) groups excluding carboxylic acids is 2. The predicted molar refractivity (Wildman–Crippen MR) is 110 cm³/mol. The van der Waals surface area contributed by atoms with Crippen molar-refractivity contribution >= 4 is 35.6 Å². The van der Waals surface area contributed by atoms with Gasteiger partial charge in [-0.3, -0.25) is 9.59 Å². The van der Waals surface area contributed by atoms with Gasteiger partial charge in [0.15, 0.2) is 6.61 Å². The van der Waals surface area contributed by atoms with Crippen molar-refractivity contribution in [3.63, 3.8) is 0 Å². The van der Waals surface area contributed by atoms with Crippen molar-refractivity contribution in [3.05, 3.63) is 54.6 Å². The lowest BCUT2D eigenvalue weighted by atomic mass is 10.1. The molecule has 0 bridgehead atoms. The van der Waals surface area contributed by atoms with Crippen molar-refractivity contribution in [2.24, 2.45) is 0 Å². The summed E-state index contributed by atoms with van der Waals surface area (Å²) < 4.78 is 11.0. The van der Waals surface area contributed by atoms with Crippen LogP contribution in [-0.2, 0) is 14.3 Å². The monoisotopic (exact) mass is 405 g/mol. The van der Waals surface area contributed by atoms with Crippen molar-refractivity contribution in [2.45, 2.75) is 19.1 Å². The van der Waals surface area contributed by atoms with Crippen LogP contribution in [0.15, 0.2) is 54.6 Å². The van der Waals surface area contributed by atoms with Gasteiger partial charge in [0.05, 0.1) is 12.7 Å². The Balaban J connectivity index is 0.00000280. The molecule has 1 fully saturated rings. The van der Waals surface area contributed by atoms with E-state index in [4.69, 9.17) is 9.47 Å². The highest BCUT2D eigenvalue weighted by molar-refractivity contribution is 5.95. The second-order valence-electron chi connectivity index (χ2n) is 6.23. The molecule has 0 aromatic heterocycles. The lowest BCUT2D eigenvalue weighted by Crippen LogP contribution is -2.53. The minimum atomic E-state index is -0.403. The van der Waals surface area contributed by atoms with E-state index >= 15 is 0 Å². The Bertz CT molecular complexity index is 788. The van der Waals surface area contributed by atoms with Gasteiger partial charge in [-0.1, -0.05) is 24.3 Å². The second kappa shape index (κ2) is 10.7. The molecular weight excluding hydrogens is 382 g/mol. The molecule has 2 amide bonds. The molecule has 0 radical (unpaired) electrons. The molecule has 0 saturated carbocycles. The van der Waals surface area contributed by atoms with E-state index in [-0.39, 0.29) is 36.9 Å². The molecule has 2 aromatic carbocycles. The first-order chi connectivity index (χ1) is 13.1. The quantitative estimate of drug-likeness (QED) is 0.687. The van der Waals surface area contributed by atoms with Gasteiger partial charge in [-0.05, 0) is 31.2 Å². The third-order valence-electron chi connectivity index (χ3n) is 4.13. The van der Waals surface area contributed by atoms with Crippen molar-refractivity contribution < 1.29 is 19.1 Å². The number of ether oxygens (including phenoxy) is 2. The van der Waals surface area contributed by atoms with Gasteiger partial charge >= 0.3 is 0 Å². The van der Waals surface area contributed by atoms with E-state index in [2.05, 4.69) is 16.0 Å². The topological polar surface area (TPSA) is 88.7 Å². The Hall–Kier alpha value is -2.61. The molecule has 3 rings (SSSR count). The highest BCUT2D eigenvalue weighted by Crippen LogP contribution is 2.18. The molecule has 150 valence electrons. The number of halogens is 1. The minimum Gasteiger partial charge on any atom is -0.484 e. The molecule has 2 atom stereocenters. The molecule has 1 aliphatic heterocycles. The third-order valence-corrected chi connectivity index (χ3v) is 4.13. The Labute approximate surface area is 170 Å². The molecule has 1 aliphatic rings. The van der Waals surface area contributed by atoms with Crippen LogP contribution in [0.4, 0.5) is 11.4 Å².